The van der Waals surface area contributed by atoms with Crippen LogP contribution in [0.5, 0.6) is 0 Å². The second kappa shape index (κ2) is 4.35. The highest BCUT2D eigenvalue weighted by atomic mass is 19.1. The van der Waals surface area contributed by atoms with E-state index in [1.165, 1.54) is 12.1 Å². The molecule has 1 heterocycles. The Hall–Kier alpha value is -2.42. The van der Waals surface area contributed by atoms with E-state index in [9.17, 15) is 9.18 Å². The summed E-state index contributed by atoms with van der Waals surface area (Å²) >= 11 is 0. The quantitative estimate of drug-likeness (QED) is 0.592. The highest BCUT2D eigenvalue weighted by Gasteiger charge is 2.42. The molecule has 1 amide bonds. The average molecular weight is 253 g/mol. The van der Waals surface area contributed by atoms with Crippen LogP contribution in [0.3, 0.4) is 0 Å². The summed E-state index contributed by atoms with van der Waals surface area (Å²) in [4.78, 5) is 13.6. The third-order valence-corrected chi connectivity index (χ3v) is 3.30. The van der Waals surface area contributed by atoms with E-state index in [0.29, 0.717) is 5.57 Å². The number of para-hydroxylation sites is 1. The molecule has 3 heteroatoms. The maximum atomic E-state index is 13.0. The first-order valence-corrected chi connectivity index (χ1v) is 6.01. The number of halogens is 1. The number of anilines is 1. The second-order valence-corrected chi connectivity index (χ2v) is 4.49. The number of rotatable bonds is 2. The van der Waals surface area contributed by atoms with Crippen LogP contribution < -0.4 is 4.90 Å². The number of hydrogen-bond acceptors (Lipinski definition) is 1. The normalized spacial score (nSPS) is 18.4. The number of hydrogen-bond donors (Lipinski definition) is 0. The van der Waals surface area contributed by atoms with Gasteiger partial charge < -0.3 is 0 Å². The van der Waals surface area contributed by atoms with E-state index in [0.717, 1.165) is 11.3 Å². The van der Waals surface area contributed by atoms with E-state index in [1.807, 2.05) is 30.3 Å². The molecule has 0 spiro atoms. The molecule has 1 saturated heterocycles. The van der Waals surface area contributed by atoms with Crippen molar-refractivity contribution in [1.29, 1.82) is 0 Å². The monoisotopic (exact) mass is 253 g/mol. The first-order valence-electron chi connectivity index (χ1n) is 6.01. The molecule has 3 rings (SSSR count). The minimum atomic E-state index is -0.286. The molecule has 1 aliphatic heterocycles. The van der Waals surface area contributed by atoms with Crippen molar-refractivity contribution >= 4 is 11.6 Å². The van der Waals surface area contributed by atoms with Gasteiger partial charge in [0.05, 0.1) is 6.04 Å². The molecule has 0 aliphatic carbocycles. The van der Waals surface area contributed by atoms with E-state index >= 15 is 0 Å². The Labute approximate surface area is 110 Å². The minimum absolute atomic E-state index is 0.0828. The molecule has 0 aromatic heterocycles. The van der Waals surface area contributed by atoms with Gasteiger partial charge in [0.25, 0.3) is 5.91 Å². The largest absolute Gasteiger partial charge is 0.297 e. The van der Waals surface area contributed by atoms with Gasteiger partial charge in [-0.3, -0.25) is 9.69 Å². The summed E-state index contributed by atoms with van der Waals surface area (Å²) in [6, 6.07) is 15.4. The molecule has 0 radical (unpaired) electrons. The lowest BCUT2D eigenvalue weighted by molar-refractivity contribution is -0.118. The Bertz CT molecular complexity index is 634. The van der Waals surface area contributed by atoms with Crippen molar-refractivity contribution in [3.8, 4) is 0 Å². The molecule has 2 aromatic carbocycles. The number of carbonyl (C=O) groups is 1. The SMILES string of the molecule is C=C1C(=O)N(c2ccccc2)[C@H]1c1ccc(F)cc1. The van der Waals surface area contributed by atoms with Crippen molar-refractivity contribution in [2.75, 3.05) is 4.90 Å². The predicted octanol–water partition coefficient (Wildman–Crippen LogP) is 3.47. The van der Waals surface area contributed by atoms with Gasteiger partial charge in [-0.1, -0.05) is 36.9 Å². The molecular formula is C16H12FNO. The van der Waals surface area contributed by atoms with E-state index in [1.54, 1.807) is 17.0 Å². The topological polar surface area (TPSA) is 20.3 Å². The van der Waals surface area contributed by atoms with E-state index < -0.39 is 0 Å². The van der Waals surface area contributed by atoms with Crippen LogP contribution in [0.25, 0.3) is 0 Å². The van der Waals surface area contributed by atoms with Crippen LogP contribution in [0.2, 0.25) is 0 Å². The Morgan fingerprint density at radius 2 is 1.63 bits per heavy atom. The summed E-state index contributed by atoms with van der Waals surface area (Å²) in [5, 5.41) is 0. The molecule has 1 aliphatic rings. The summed E-state index contributed by atoms with van der Waals surface area (Å²) in [6.45, 7) is 3.81. The highest BCUT2D eigenvalue weighted by Crippen LogP contribution is 2.41. The number of carbonyl (C=O) groups excluding carboxylic acids is 1. The maximum Gasteiger partial charge on any atom is 0.256 e. The zero-order valence-corrected chi connectivity index (χ0v) is 10.2. The van der Waals surface area contributed by atoms with Gasteiger partial charge in [-0.2, -0.15) is 0 Å². The number of β-lactam (4-membered cyclic amide) rings is 1. The van der Waals surface area contributed by atoms with Crippen LogP contribution in [0, 0.1) is 5.82 Å². The van der Waals surface area contributed by atoms with Gasteiger partial charge >= 0.3 is 0 Å². The van der Waals surface area contributed by atoms with Crippen LogP contribution in [0.4, 0.5) is 10.1 Å². The van der Waals surface area contributed by atoms with Gasteiger partial charge in [-0.15, -0.1) is 0 Å². The van der Waals surface area contributed by atoms with Crippen molar-refractivity contribution in [3.63, 3.8) is 0 Å². The zero-order valence-electron chi connectivity index (χ0n) is 10.2. The Morgan fingerprint density at radius 1 is 1.00 bits per heavy atom. The lowest BCUT2D eigenvalue weighted by atomic mass is 9.88. The number of nitrogens with zero attached hydrogens (tertiary/aromatic N) is 1. The van der Waals surface area contributed by atoms with Crippen LogP contribution in [0.15, 0.2) is 66.7 Å². The summed E-state index contributed by atoms with van der Waals surface area (Å²) in [7, 11) is 0. The van der Waals surface area contributed by atoms with Gasteiger partial charge in [0.15, 0.2) is 0 Å². The summed E-state index contributed by atoms with van der Waals surface area (Å²) < 4.78 is 13.0. The molecule has 0 bridgehead atoms. The van der Waals surface area contributed by atoms with Crippen molar-refractivity contribution in [3.05, 3.63) is 78.1 Å². The first kappa shape index (κ1) is 11.7. The molecular weight excluding hydrogens is 241 g/mol. The standard InChI is InChI=1S/C16H12FNO/c1-11-15(12-7-9-13(17)10-8-12)18(16(11)19)14-5-3-2-4-6-14/h2-10,15H,1H2/t15-/m1/s1. The summed E-state index contributed by atoms with van der Waals surface area (Å²) in [5.74, 6) is -0.369. The third kappa shape index (κ3) is 1.83. The molecule has 0 N–H and O–H groups in total. The van der Waals surface area contributed by atoms with Crippen molar-refractivity contribution in [1.82, 2.24) is 0 Å². The van der Waals surface area contributed by atoms with E-state index in [-0.39, 0.29) is 17.8 Å². The van der Waals surface area contributed by atoms with Gasteiger partial charge in [0, 0.05) is 11.3 Å². The summed E-state index contributed by atoms with van der Waals surface area (Å²) in [6.07, 6.45) is 0. The third-order valence-electron chi connectivity index (χ3n) is 3.30. The van der Waals surface area contributed by atoms with Gasteiger partial charge in [-0.25, -0.2) is 4.39 Å². The van der Waals surface area contributed by atoms with Gasteiger partial charge in [0.2, 0.25) is 0 Å². The lowest BCUT2D eigenvalue weighted by Gasteiger charge is -2.42. The molecule has 2 aromatic rings. The molecule has 1 atom stereocenters. The molecule has 1 fully saturated rings. The fourth-order valence-corrected chi connectivity index (χ4v) is 2.33. The molecule has 94 valence electrons. The highest BCUT2D eigenvalue weighted by molar-refractivity contribution is 6.14. The van der Waals surface area contributed by atoms with Gasteiger partial charge in [0.1, 0.15) is 5.82 Å². The predicted molar refractivity (Wildman–Crippen MR) is 72.2 cm³/mol. The Kier molecular flexibility index (Phi) is 2.67. The Morgan fingerprint density at radius 3 is 2.26 bits per heavy atom. The Balaban J connectivity index is 1.98. The van der Waals surface area contributed by atoms with Crippen molar-refractivity contribution in [2.24, 2.45) is 0 Å². The van der Waals surface area contributed by atoms with Crippen LogP contribution in [-0.2, 0) is 4.79 Å². The smallest absolute Gasteiger partial charge is 0.256 e. The van der Waals surface area contributed by atoms with E-state index in [2.05, 4.69) is 6.58 Å². The summed E-state index contributed by atoms with van der Waals surface area (Å²) in [5.41, 5.74) is 2.24. The fourth-order valence-electron chi connectivity index (χ4n) is 2.33. The lowest BCUT2D eigenvalue weighted by Crippen LogP contribution is -2.48. The molecule has 19 heavy (non-hydrogen) atoms. The maximum absolute atomic E-state index is 13.0. The van der Waals surface area contributed by atoms with Crippen LogP contribution >= 0.6 is 0 Å². The molecule has 0 saturated carbocycles. The van der Waals surface area contributed by atoms with Crippen LogP contribution in [0.1, 0.15) is 11.6 Å². The van der Waals surface area contributed by atoms with Crippen molar-refractivity contribution < 1.29 is 9.18 Å². The van der Waals surface area contributed by atoms with E-state index in [4.69, 9.17) is 0 Å². The molecule has 0 unspecified atom stereocenters. The minimum Gasteiger partial charge on any atom is -0.297 e. The number of benzene rings is 2. The van der Waals surface area contributed by atoms with Gasteiger partial charge in [-0.05, 0) is 29.8 Å². The fraction of sp³-hybridized carbons (Fsp3) is 0.0625. The number of amides is 1. The average Bonchev–Trinajstić information content (AvgIpc) is 2.46. The second-order valence-electron chi connectivity index (χ2n) is 4.49. The zero-order chi connectivity index (χ0) is 13.4. The molecule has 2 nitrogen and oxygen atoms in total. The van der Waals surface area contributed by atoms with Crippen LogP contribution in [-0.4, -0.2) is 5.91 Å². The first-order chi connectivity index (χ1) is 9.18. The van der Waals surface area contributed by atoms with Crippen molar-refractivity contribution in [2.45, 2.75) is 6.04 Å².